The van der Waals surface area contributed by atoms with Gasteiger partial charge in [0.2, 0.25) is 0 Å². The third-order valence-electron chi connectivity index (χ3n) is 3.51. The van der Waals surface area contributed by atoms with E-state index >= 15 is 0 Å². The number of thiazole rings is 1. The normalized spacial score (nSPS) is 18.6. The van der Waals surface area contributed by atoms with Crippen LogP contribution in [0.1, 0.15) is 40.0 Å². The van der Waals surface area contributed by atoms with E-state index < -0.39 is 0 Å². The van der Waals surface area contributed by atoms with Crippen LogP contribution >= 0.6 is 11.3 Å². The van der Waals surface area contributed by atoms with Crippen molar-refractivity contribution in [3.8, 4) is 0 Å². The second kappa shape index (κ2) is 5.21. The third-order valence-corrected chi connectivity index (χ3v) is 4.70. The Hall–Kier alpha value is -1.19. The molecule has 0 radical (unpaired) electrons. The van der Waals surface area contributed by atoms with Crippen LogP contribution in [0.2, 0.25) is 0 Å². The summed E-state index contributed by atoms with van der Waals surface area (Å²) in [7, 11) is 0. The molecule has 2 N–H and O–H groups in total. The molecule has 0 fully saturated rings. The van der Waals surface area contributed by atoms with Gasteiger partial charge in [0.05, 0.1) is 10.7 Å². The first-order valence-electron chi connectivity index (χ1n) is 6.61. The first-order valence-corrected chi connectivity index (χ1v) is 7.42. The lowest BCUT2D eigenvalue weighted by atomic mass is 9.99. The molecule has 1 heterocycles. The van der Waals surface area contributed by atoms with E-state index in [9.17, 15) is 0 Å². The quantitative estimate of drug-likeness (QED) is 0.917. The Balaban J connectivity index is 1.70. The molecule has 0 saturated heterocycles. The van der Waals surface area contributed by atoms with Gasteiger partial charge in [0.1, 0.15) is 0 Å². The largest absolute Gasteiger partial charge is 0.323 e. The Kier molecular flexibility index (Phi) is 3.43. The number of nitrogens with zero attached hydrogens (tertiary/aromatic N) is 1. The van der Waals surface area contributed by atoms with Crippen LogP contribution in [0.3, 0.4) is 0 Å². The minimum atomic E-state index is 0.176. The molecule has 1 aromatic carbocycles. The van der Waals surface area contributed by atoms with E-state index in [0.717, 1.165) is 19.3 Å². The maximum Gasteiger partial charge on any atom is 0.0935 e. The number of nitrogens with two attached hydrogens (primary N) is 1. The van der Waals surface area contributed by atoms with Crippen LogP contribution in [-0.2, 0) is 19.3 Å². The number of hydrogen-bond acceptors (Lipinski definition) is 3. The average Bonchev–Trinajstić information content (AvgIpc) is 2.82. The van der Waals surface area contributed by atoms with Crippen LogP contribution in [0.25, 0.3) is 0 Å². The third kappa shape index (κ3) is 2.47. The molecule has 0 saturated carbocycles. The fourth-order valence-electron chi connectivity index (χ4n) is 2.50. The number of rotatable bonds is 3. The van der Waals surface area contributed by atoms with Gasteiger partial charge in [-0.2, -0.15) is 0 Å². The highest BCUT2D eigenvalue weighted by molar-refractivity contribution is 7.11. The SMILES string of the molecule is NC1CCCc2sc(CCc3ccccc3)nc21. The summed E-state index contributed by atoms with van der Waals surface area (Å²) in [6.45, 7) is 0. The zero-order valence-electron chi connectivity index (χ0n) is 10.4. The Morgan fingerprint density at radius 2 is 2.06 bits per heavy atom. The van der Waals surface area contributed by atoms with Gasteiger partial charge < -0.3 is 5.73 Å². The second-order valence-electron chi connectivity index (χ2n) is 4.90. The highest BCUT2D eigenvalue weighted by Gasteiger charge is 2.21. The summed E-state index contributed by atoms with van der Waals surface area (Å²) in [5, 5.41) is 1.25. The predicted molar refractivity (Wildman–Crippen MR) is 75.8 cm³/mol. The minimum absolute atomic E-state index is 0.176. The lowest BCUT2D eigenvalue weighted by Gasteiger charge is -2.15. The molecule has 1 unspecified atom stereocenters. The lowest BCUT2D eigenvalue weighted by molar-refractivity contribution is 0.562. The summed E-state index contributed by atoms with van der Waals surface area (Å²) in [6.07, 6.45) is 5.59. The number of fused-ring (bicyclic) bond motifs is 1. The number of benzene rings is 1. The van der Waals surface area contributed by atoms with Crippen molar-refractivity contribution in [2.75, 3.05) is 0 Å². The Morgan fingerprint density at radius 3 is 2.83 bits per heavy atom. The summed E-state index contributed by atoms with van der Waals surface area (Å²) < 4.78 is 0. The smallest absolute Gasteiger partial charge is 0.0935 e. The molecule has 0 aliphatic heterocycles. The van der Waals surface area contributed by atoms with Crippen molar-refractivity contribution in [3.05, 3.63) is 51.5 Å². The number of aromatic nitrogens is 1. The van der Waals surface area contributed by atoms with Crippen LogP contribution in [0.15, 0.2) is 30.3 Å². The van der Waals surface area contributed by atoms with E-state index in [1.807, 2.05) is 11.3 Å². The van der Waals surface area contributed by atoms with Crippen molar-refractivity contribution in [1.82, 2.24) is 4.98 Å². The molecule has 0 amide bonds. The minimum Gasteiger partial charge on any atom is -0.323 e. The Bertz CT molecular complexity index is 519. The molecule has 1 aliphatic carbocycles. The lowest BCUT2D eigenvalue weighted by Crippen LogP contribution is -2.16. The van der Waals surface area contributed by atoms with Crippen molar-refractivity contribution in [3.63, 3.8) is 0 Å². The zero-order valence-corrected chi connectivity index (χ0v) is 11.2. The molecule has 18 heavy (non-hydrogen) atoms. The van der Waals surface area contributed by atoms with Crippen LogP contribution in [0.5, 0.6) is 0 Å². The van der Waals surface area contributed by atoms with Gasteiger partial charge in [0.15, 0.2) is 0 Å². The highest BCUT2D eigenvalue weighted by atomic mass is 32.1. The van der Waals surface area contributed by atoms with E-state index in [4.69, 9.17) is 10.7 Å². The zero-order chi connectivity index (χ0) is 12.4. The molecular formula is C15H18N2S. The van der Waals surface area contributed by atoms with Gasteiger partial charge >= 0.3 is 0 Å². The topological polar surface area (TPSA) is 38.9 Å². The molecule has 3 heteroatoms. The van der Waals surface area contributed by atoms with Gasteiger partial charge in [-0.15, -0.1) is 11.3 Å². The van der Waals surface area contributed by atoms with E-state index in [2.05, 4.69) is 30.3 Å². The maximum atomic E-state index is 6.11. The number of hydrogen-bond donors (Lipinski definition) is 1. The van der Waals surface area contributed by atoms with Crippen molar-refractivity contribution >= 4 is 11.3 Å². The monoisotopic (exact) mass is 258 g/mol. The van der Waals surface area contributed by atoms with E-state index in [0.29, 0.717) is 0 Å². The van der Waals surface area contributed by atoms with Gasteiger partial charge in [-0.1, -0.05) is 30.3 Å². The van der Waals surface area contributed by atoms with E-state index in [-0.39, 0.29) is 6.04 Å². The average molecular weight is 258 g/mol. The highest BCUT2D eigenvalue weighted by Crippen LogP contribution is 2.32. The van der Waals surface area contributed by atoms with E-state index in [1.165, 1.54) is 34.0 Å². The molecule has 1 atom stereocenters. The van der Waals surface area contributed by atoms with Crippen molar-refractivity contribution in [2.45, 2.75) is 38.1 Å². The summed E-state index contributed by atoms with van der Waals surface area (Å²) in [6, 6.07) is 10.8. The van der Waals surface area contributed by atoms with Crippen LogP contribution in [-0.4, -0.2) is 4.98 Å². The standard InChI is InChI=1S/C15H18N2S/c16-12-7-4-8-13-15(12)17-14(18-13)10-9-11-5-2-1-3-6-11/h1-3,5-6,12H,4,7-10,16H2. The van der Waals surface area contributed by atoms with Gasteiger partial charge in [-0.25, -0.2) is 4.98 Å². The summed E-state index contributed by atoms with van der Waals surface area (Å²) in [5.74, 6) is 0. The van der Waals surface area contributed by atoms with E-state index in [1.54, 1.807) is 0 Å². The molecule has 1 aromatic heterocycles. The fourth-order valence-corrected chi connectivity index (χ4v) is 3.69. The summed E-state index contributed by atoms with van der Waals surface area (Å²) in [5.41, 5.74) is 8.67. The van der Waals surface area contributed by atoms with Gasteiger partial charge in [-0.05, 0) is 31.2 Å². The van der Waals surface area contributed by atoms with Crippen molar-refractivity contribution in [1.29, 1.82) is 0 Å². The molecule has 0 bridgehead atoms. The molecule has 2 aromatic rings. The van der Waals surface area contributed by atoms with Crippen molar-refractivity contribution < 1.29 is 0 Å². The summed E-state index contributed by atoms with van der Waals surface area (Å²) in [4.78, 5) is 6.17. The van der Waals surface area contributed by atoms with Crippen molar-refractivity contribution in [2.24, 2.45) is 5.73 Å². The fraction of sp³-hybridized carbons (Fsp3) is 0.400. The molecule has 1 aliphatic rings. The first kappa shape index (κ1) is 11.9. The van der Waals surface area contributed by atoms with Gasteiger partial charge in [0.25, 0.3) is 0 Å². The molecule has 94 valence electrons. The molecule has 2 nitrogen and oxygen atoms in total. The van der Waals surface area contributed by atoms with Gasteiger partial charge in [0, 0.05) is 17.3 Å². The van der Waals surface area contributed by atoms with Crippen LogP contribution < -0.4 is 5.73 Å². The molecule has 3 rings (SSSR count). The molecular weight excluding hydrogens is 240 g/mol. The number of aryl methyl sites for hydroxylation is 3. The first-order chi connectivity index (χ1) is 8.83. The maximum absolute atomic E-state index is 6.11. The Morgan fingerprint density at radius 1 is 1.22 bits per heavy atom. The molecule has 0 spiro atoms. The summed E-state index contributed by atoms with van der Waals surface area (Å²) >= 11 is 1.87. The van der Waals surface area contributed by atoms with Crippen LogP contribution in [0, 0.1) is 0 Å². The Labute approximate surface area is 112 Å². The predicted octanol–water partition coefficient (Wildman–Crippen LogP) is 3.26. The second-order valence-corrected chi connectivity index (χ2v) is 6.07. The van der Waals surface area contributed by atoms with Crippen LogP contribution in [0.4, 0.5) is 0 Å². The van der Waals surface area contributed by atoms with Gasteiger partial charge in [-0.3, -0.25) is 0 Å².